The molecule has 0 aliphatic rings. The van der Waals surface area contributed by atoms with Crippen molar-refractivity contribution in [1.29, 1.82) is 0 Å². The van der Waals surface area contributed by atoms with Gasteiger partial charge in [0, 0.05) is 19.3 Å². The zero-order valence-corrected chi connectivity index (χ0v) is 40.9. The highest BCUT2D eigenvalue weighted by Gasteiger charge is 2.19. The predicted molar refractivity (Wildman–Crippen MR) is 261 cm³/mol. The summed E-state index contributed by atoms with van der Waals surface area (Å²) in [5.41, 5.74) is 0. The van der Waals surface area contributed by atoms with E-state index in [4.69, 9.17) is 14.2 Å². The summed E-state index contributed by atoms with van der Waals surface area (Å²) in [6.07, 6.45) is 57.2. The van der Waals surface area contributed by atoms with Crippen molar-refractivity contribution in [3.63, 3.8) is 0 Å². The number of unbranched alkanes of at least 4 members (excludes halogenated alkanes) is 34. The van der Waals surface area contributed by atoms with E-state index in [2.05, 4.69) is 45.1 Å². The van der Waals surface area contributed by atoms with Crippen LogP contribution in [0, 0.1) is 0 Å². The molecule has 358 valence electrons. The van der Waals surface area contributed by atoms with Crippen molar-refractivity contribution in [3.8, 4) is 0 Å². The van der Waals surface area contributed by atoms with Crippen LogP contribution in [-0.2, 0) is 28.6 Å². The van der Waals surface area contributed by atoms with Gasteiger partial charge in [-0.1, -0.05) is 244 Å². The molecule has 0 spiro atoms. The van der Waals surface area contributed by atoms with Crippen molar-refractivity contribution < 1.29 is 28.6 Å². The van der Waals surface area contributed by atoms with Crippen LogP contribution in [0.5, 0.6) is 0 Å². The van der Waals surface area contributed by atoms with Gasteiger partial charge < -0.3 is 14.2 Å². The quantitative estimate of drug-likeness (QED) is 0.0262. The Bertz CT molecular complexity index is 989. The number of hydrogen-bond donors (Lipinski definition) is 0. The maximum Gasteiger partial charge on any atom is 0.306 e. The molecule has 0 fully saturated rings. The van der Waals surface area contributed by atoms with Gasteiger partial charge in [-0.3, -0.25) is 14.4 Å². The minimum atomic E-state index is -0.770. The monoisotopic (exact) mass is 859 g/mol. The number of hydrogen-bond acceptors (Lipinski definition) is 6. The summed E-state index contributed by atoms with van der Waals surface area (Å²) in [5, 5.41) is 0. The van der Waals surface area contributed by atoms with Crippen molar-refractivity contribution in [2.45, 2.75) is 297 Å². The van der Waals surface area contributed by atoms with E-state index >= 15 is 0 Å². The van der Waals surface area contributed by atoms with E-state index in [1.54, 1.807) is 0 Å². The highest BCUT2D eigenvalue weighted by Crippen LogP contribution is 2.16. The van der Waals surface area contributed by atoms with Crippen molar-refractivity contribution in [1.82, 2.24) is 0 Å². The lowest BCUT2D eigenvalue weighted by atomic mass is 10.0. The Morgan fingerprint density at radius 2 is 0.590 bits per heavy atom. The third-order valence-corrected chi connectivity index (χ3v) is 12.0. The second-order valence-corrected chi connectivity index (χ2v) is 18.2. The van der Waals surface area contributed by atoms with Gasteiger partial charge in [-0.25, -0.2) is 0 Å². The Labute approximate surface area is 379 Å². The summed E-state index contributed by atoms with van der Waals surface area (Å²) in [4.78, 5) is 38.0. The fourth-order valence-corrected chi connectivity index (χ4v) is 7.89. The van der Waals surface area contributed by atoms with E-state index < -0.39 is 6.10 Å². The van der Waals surface area contributed by atoms with Gasteiger partial charge >= 0.3 is 17.9 Å². The summed E-state index contributed by atoms with van der Waals surface area (Å²) in [6, 6.07) is 0. The third-order valence-electron chi connectivity index (χ3n) is 12.0. The second-order valence-electron chi connectivity index (χ2n) is 18.2. The fourth-order valence-electron chi connectivity index (χ4n) is 7.89. The average Bonchev–Trinajstić information content (AvgIpc) is 3.26. The highest BCUT2D eigenvalue weighted by atomic mass is 16.6. The normalized spacial score (nSPS) is 12.1. The third kappa shape index (κ3) is 48.8. The Kier molecular flexibility index (Phi) is 48.8. The molecule has 61 heavy (non-hydrogen) atoms. The van der Waals surface area contributed by atoms with Crippen LogP contribution in [0.1, 0.15) is 290 Å². The number of carbonyl (C=O) groups excluding carboxylic acids is 3. The Balaban J connectivity index is 4.35. The Morgan fingerprint density at radius 3 is 0.934 bits per heavy atom. The van der Waals surface area contributed by atoms with Crippen molar-refractivity contribution in [2.75, 3.05) is 13.2 Å². The first-order valence-corrected chi connectivity index (χ1v) is 26.8. The molecule has 0 aliphatic carbocycles. The van der Waals surface area contributed by atoms with Crippen LogP contribution in [0.4, 0.5) is 0 Å². The van der Waals surface area contributed by atoms with Crippen molar-refractivity contribution in [3.05, 3.63) is 24.3 Å². The van der Waals surface area contributed by atoms with E-state index in [1.807, 2.05) is 0 Å². The summed E-state index contributed by atoms with van der Waals surface area (Å²) in [6.45, 7) is 6.64. The van der Waals surface area contributed by atoms with Crippen LogP contribution in [0.3, 0.4) is 0 Å². The SMILES string of the molecule is CCCCC/C=C\C/C=C\CCCCCCCC(=O)OCC(COC(=O)CCCCCCCCCCCCCCCC)OC(=O)CCCCCCCCCCCCCCCC. The van der Waals surface area contributed by atoms with Crippen LogP contribution in [0.15, 0.2) is 24.3 Å². The molecule has 1 unspecified atom stereocenters. The van der Waals surface area contributed by atoms with Crippen LogP contribution >= 0.6 is 0 Å². The van der Waals surface area contributed by atoms with Crippen LogP contribution in [0.25, 0.3) is 0 Å². The molecule has 0 amide bonds. The highest BCUT2D eigenvalue weighted by molar-refractivity contribution is 5.71. The van der Waals surface area contributed by atoms with Gasteiger partial charge in [0.25, 0.3) is 0 Å². The number of carbonyl (C=O) groups is 3. The summed E-state index contributed by atoms with van der Waals surface area (Å²) in [5.74, 6) is -0.868. The van der Waals surface area contributed by atoms with E-state index in [0.29, 0.717) is 19.3 Å². The molecule has 0 saturated carbocycles. The van der Waals surface area contributed by atoms with E-state index in [9.17, 15) is 14.4 Å². The number of allylic oxidation sites excluding steroid dienone is 4. The van der Waals surface area contributed by atoms with Gasteiger partial charge in [-0.2, -0.15) is 0 Å². The van der Waals surface area contributed by atoms with Gasteiger partial charge in [0.05, 0.1) is 0 Å². The summed E-state index contributed by atoms with van der Waals surface area (Å²) >= 11 is 0. The van der Waals surface area contributed by atoms with Crippen LogP contribution in [0.2, 0.25) is 0 Å². The molecule has 6 heteroatoms. The fraction of sp³-hybridized carbons (Fsp3) is 0.873. The van der Waals surface area contributed by atoms with Crippen molar-refractivity contribution in [2.24, 2.45) is 0 Å². The van der Waals surface area contributed by atoms with Crippen LogP contribution in [-0.4, -0.2) is 37.2 Å². The molecule has 0 radical (unpaired) electrons. The molecule has 0 aromatic heterocycles. The molecule has 0 rings (SSSR count). The lowest BCUT2D eigenvalue weighted by Crippen LogP contribution is -2.30. The maximum absolute atomic E-state index is 12.8. The molecule has 1 atom stereocenters. The first kappa shape index (κ1) is 58.9. The lowest BCUT2D eigenvalue weighted by molar-refractivity contribution is -0.167. The lowest BCUT2D eigenvalue weighted by Gasteiger charge is -2.18. The van der Waals surface area contributed by atoms with E-state index in [0.717, 1.165) is 77.0 Å². The van der Waals surface area contributed by atoms with Gasteiger partial charge in [0.15, 0.2) is 6.10 Å². The number of ether oxygens (including phenoxy) is 3. The molecule has 6 nitrogen and oxygen atoms in total. The topological polar surface area (TPSA) is 78.9 Å². The van der Waals surface area contributed by atoms with Gasteiger partial charge in [-0.05, 0) is 51.4 Å². The number of rotatable bonds is 49. The molecule has 0 heterocycles. The molecule has 0 aliphatic heterocycles. The molecular weight excluding hydrogens is 757 g/mol. The largest absolute Gasteiger partial charge is 0.462 e. The molecular formula is C55H102O6. The smallest absolute Gasteiger partial charge is 0.306 e. The predicted octanol–water partition coefficient (Wildman–Crippen LogP) is 17.5. The molecule has 0 N–H and O–H groups in total. The molecule has 0 aromatic rings. The van der Waals surface area contributed by atoms with E-state index in [1.165, 1.54) is 173 Å². The maximum atomic E-state index is 12.8. The molecule has 0 saturated heterocycles. The second kappa shape index (κ2) is 50.5. The average molecular weight is 859 g/mol. The first-order valence-electron chi connectivity index (χ1n) is 26.8. The number of esters is 3. The van der Waals surface area contributed by atoms with Gasteiger partial charge in [0.1, 0.15) is 13.2 Å². The summed E-state index contributed by atoms with van der Waals surface area (Å²) in [7, 11) is 0. The molecule has 0 aromatic carbocycles. The first-order chi connectivity index (χ1) is 30.0. The summed E-state index contributed by atoms with van der Waals surface area (Å²) < 4.78 is 16.8. The van der Waals surface area contributed by atoms with E-state index in [-0.39, 0.29) is 31.1 Å². The zero-order valence-electron chi connectivity index (χ0n) is 40.9. The molecule has 0 bridgehead atoms. The Hall–Kier alpha value is -2.11. The minimum absolute atomic E-state index is 0.0705. The van der Waals surface area contributed by atoms with Gasteiger partial charge in [-0.15, -0.1) is 0 Å². The zero-order chi connectivity index (χ0) is 44.4. The Morgan fingerprint density at radius 1 is 0.328 bits per heavy atom. The van der Waals surface area contributed by atoms with Crippen LogP contribution < -0.4 is 0 Å². The minimum Gasteiger partial charge on any atom is -0.462 e. The van der Waals surface area contributed by atoms with Crippen molar-refractivity contribution >= 4 is 17.9 Å². The van der Waals surface area contributed by atoms with Gasteiger partial charge in [0.2, 0.25) is 0 Å². The standard InChI is InChI=1S/C55H102O6/c1-4-7-10-13-16-19-22-25-28-31-33-36-39-42-45-48-54(57)60-51-52(61-55(58)49-46-43-40-37-34-30-27-24-21-18-15-12-9-6-3)50-59-53(56)47-44-41-38-35-32-29-26-23-20-17-14-11-8-5-2/h16,19,25,28,52H,4-15,17-18,20-24,26-27,29-51H2,1-3H3/b19-16-,28-25-.